The number of anilines is 1. The molecular formula is C13H7F2N3O. The molecule has 3 rings (SSSR count). The molecule has 4 nitrogen and oxygen atoms in total. The minimum Gasteiger partial charge on any atom is -0.453 e. The highest BCUT2D eigenvalue weighted by Gasteiger charge is 2.12. The Morgan fingerprint density at radius 2 is 2.05 bits per heavy atom. The second kappa shape index (κ2) is 4.14. The normalized spacial score (nSPS) is 10.4. The molecule has 19 heavy (non-hydrogen) atoms. The molecule has 0 amide bonds. The maximum absolute atomic E-state index is 13.6. The van der Waals surface area contributed by atoms with E-state index >= 15 is 0 Å². The fourth-order valence-corrected chi connectivity index (χ4v) is 1.64. The van der Waals surface area contributed by atoms with Crippen molar-refractivity contribution in [2.45, 2.75) is 0 Å². The van der Waals surface area contributed by atoms with Gasteiger partial charge in [0.15, 0.2) is 17.2 Å². The summed E-state index contributed by atoms with van der Waals surface area (Å²) in [5.41, 5.74) is 5.48. The molecule has 2 heterocycles. The van der Waals surface area contributed by atoms with Crippen molar-refractivity contribution >= 4 is 16.7 Å². The average molecular weight is 259 g/mol. The van der Waals surface area contributed by atoms with Crippen LogP contribution in [-0.2, 0) is 0 Å². The Balaban J connectivity index is 2.06. The number of ether oxygens (including phenoxy) is 1. The molecule has 0 unspecified atom stereocenters. The highest BCUT2D eigenvalue weighted by molar-refractivity contribution is 5.80. The molecular weight excluding hydrogens is 252 g/mol. The second-order valence-corrected chi connectivity index (χ2v) is 3.81. The topological polar surface area (TPSA) is 63.9 Å². The van der Waals surface area contributed by atoms with Crippen LogP contribution in [0, 0.1) is 23.9 Å². The van der Waals surface area contributed by atoms with E-state index in [1.807, 2.05) is 0 Å². The predicted octanol–water partition coefficient (Wildman–Crippen LogP) is 2.82. The number of nitrogens with two attached hydrogens (primary N) is 1. The monoisotopic (exact) mass is 259 g/mol. The van der Waals surface area contributed by atoms with Gasteiger partial charge in [0.2, 0.25) is 0 Å². The Morgan fingerprint density at radius 1 is 1.21 bits per heavy atom. The summed E-state index contributed by atoms with van der Waals surface area (Å²) in [6.07, 6.45) is 4.09. The van der Waals surface area contributed by atoms with Crippen LogP contribution in [0.25, 0.3) is 11.0 Å². The molecule has 0 atom stereocenters. The van der Waals surface area contributed by atoms with Crippen LogP contribution in [0.2, 0.25) is 0 Å². The van der Waals surface area contributed by atoms with Crippen LogP contribution in [0.4, 0.5) is 14.5 Å². The number of nitrogen functional groups attached to an aromatic ring is 1. The average Bonchev–Trinajstić information content (AvgIpc) is 2.85. The molecule has 0 aliphatic heterocycles. The molecule has 0 radical (unpaired) electrons. The molecule has 94 valence electrons. The first-order valence-electron chi connectivity index (χ1n) is 5.33. The SMILES string of the molecule is Nc1cc(F)c(Oc2ccnc3[nH]c#cc23)cc1F. The van der Waals surface area contributed by atoms with Crippen molar-refractivity contribution in [3.05, 3.63) is 48.3 Å². The molecule has 0 saturated carbocycles. The van der Waals surface area contributed by atoms with Crippen LogP contribution in [0.15, 0.2) is 24.4 Å². The Morgan fingerprint density at radius 3 is 2.89 bits per heavy atom. The smallest absolute Gasteiger partial charge is 0.167 e. The Labute approximate surface area is 106 Å². The number of fused-ring (bicyclic) bond motifs is 1. The van der Waals surface area contributed by atoms with Gasteiger partial charge in [-0.3, -0.25) is 4.98 Å². The number of benzene rings is 1. The van der Waals surface area contributed by atoms with E-state index in [1.54, 1.807) is 0 Å². The number of aromatic nitrogens is 2. The van der Waals surface area contributed by atoms with E-state index in [1.165, 1.54) is 12.3 Å². The van der Waals surface area contributed by atoms with Crippen molar-refractivity contribution in [2.75, 3.05) is 5.73 Å². The summed E-state index contributed by atoms with van der Waals surface area (Å²) >= 11 is 0. The largest absolute Gasteiger partial charge is 0.453 e. The zero-order chi connectivity index (χ0) is 13.4. The molecule has 0 fully saturated rings. The first-order valence-corrected chi connectivity index (χ1v) is 5.33. The van der Waals surface area contributed by atoms with Gasteiger partial charge in [-0.25, -0.2) is 13.8 Å². The number of rotatable bonds is 2. The van der Waals surface area contributed by atoms with E-state index in [2.05, 4.69) is 22.2 Å². The molecule has 0 bridgehead atoms. The van der Waals surface area contributed by atoms with Gasteiger partial charge in [-0.15, -0.1) is 0 Å². The standard InChI is InChI=1S/C13H7F2N3O/c14-8-6-12(9(15)5-10(8)16)19-11-2-4-18-13-7(11)1-3-17-13/h2,4-6H,16H2,(H,17,18). The summed E-state index contributed by atoms with van der Waals surface area (Å²) < 4.78 is 32.3. The number of hydrogen-bond acceptors (Lipinski definition) is 3. The maximum atomic E-state index is 13.6. The van der Waals surface area contributed by atoms with E-state index in [-0.39, 0.29) is 11.4 Å². The van der Waals surface area contributed by atoms with Gasteiger partial charge >= 0.3 is 0 Å². The molecule has 2 aromatic heterocycles. The fraction of sp³-hybridized carbons (Fsp3) is 0. The third-order valence-corrected chi connectivity index (χ3v) is 2.55. The molecule has 3 aromatic rings. The maximum Gasteiger partial charge on any atom is 0.167 e. The Hall–Kier alpha value is -2.81. The number of nitrogens with zero attached hydrogens (tertiary/aromatic N) is 1. The van der Waals surface area contributed by atoms with Gasteiger partial charge in [-0.05, 0) is 6.07 Å². The van der Waals surface area contributed by atoms with Crippen molar-refractivity contribution in [1.82, 2.24) is 9.97 Å². The second-order valence-electron chi connectivity index (χ2n) is 3.81. The number of nitrogens with one attached hydrogen (secondary N) is 1. The molecule has 0 aliphatic carbocycles. The van der Waals surface area contributed by atoms with Crippen LogP contribution < -0.4 is 10.5 Å². The third kappa shape index (κ3) is 1.91. The van der Waals surface area contributed by atoms with E-state index in [4.69, 9.17) is 10.5 Å². The van der Waals surface area contributed by atoms with Crippen molar-refractivity contribution in [3.8, 4) is 11.5 Å². The van der Waals surface area contributed by atoms with Crippen LogP contribution >= 0.6 is 0 Å². The van der Waals surface area contributed by atoms with Crippen molar-refractivity contribution < 1.29 is 13.5 Å². The summed E-state index contributed by atoms with van der Waals surface area (Å²) in [4.78, 5) is 6.73. The van der Waals surface area contributed by atoms with Gasteiger partial charge in [0.05, 0.1) is 5.69 Å². The highest BCUT2D eigenvalue weighted by atomic mass is 19.1. The van der Waals surface area contributed by atoms with Gasteiger partial charge in [-0.2, -0.15) is 0 Å². The Bertz CT molecular complexity index is 755. The zero-order valence-electron chi connectivity index (χ0n) is 9.50. The molecule has 0 aliphatic rings. The van der Waals surface area contributed by atoms with Crippen LogP contribution in [0.1, 0.15) is 0 Å². The zero-order valence-corrected chi connectivity index (χ0v) is 9.50. The van der Waals surface area contributed by atoms with Gasteiger partial charge < -0.3 is 10.5 Å². The summed E-state index contributed by atoms with van der Waals surface area (Å²) in [5.74, 6) is -1.45. The molecule has 6 heteroatoms. The van der Waals surface area contributed by atoms with E-state index in [0.717, 1.165) is 12.1 Å². The highest BCUT2D eigenvalue weighted by Crippen LogP contribution is 2.30. The number of H-pyrrole nitrogens is 1. The van der Waals surface area contributed by atoms with Crippen LogP contribution in [0.3, 0.4) is 0 Å². The van der Waals surface area contributed by atoms with Gasteiger partial charge in [0.25, 0.3) is 0 Å². The van der Waals surface area contributed by atoms with Crippen molar-refractivity contribution in [2.24, 2.45) is 0 Å². The lowest BCUT2D eigenvalue weighted by atomic mass is 10.2. The minimum absolute atomic E-state index is 0.256. The first kappa shape index (κ1) is 11.3. The van der Waals surface area contributed by atoms with Gasteiger partial charge in [0.1, 0.15) is 17.0 Å². The molecule has 3 N–H and O–H groups in total. The summed E-state index contributed by atoms with van der Waals surface area (Å²) in [7, 11) is 0. The fourth-order valence-electron chi connectivity index (χ4n) is 1.64. The van der Waals surface area contributed by atoms with Crippen molar-refractivity contribution in [1.29, 1.82) is 0 Å². The predicted molar refractivity (Wildman–Crippen MR) is 64.6 cm³/mol. The summed E-state index contributed by atoms with van der Waals surface area (Å²) in [6, 6.07) is 6.03. The van der Waals surface area contributed by atoms with E-state index in [0.29, 0.717) is 16.8 Å². The van der Waals surface area contributed by atoms with E-state index in [9.17, 15) is 8.78 Å². The number of aromatic amines is 1. The lowest BCUT2D eigenvalue weighted by molar-refractivity contribution is 0.441. The minimum atomic E-state index is -0.747. The lowest BCUT2D eigenvalue weighted by Crippen LogP contribution is -1.96. The van der Waals surface area contributed by atoms with E-state index < -0.39 is 11.6 Å². The van der Waals surface area contributed by atoms with Crippen LogP contribution in [0.5, 0.6) is 11.5 Å². The van der Waals surface area contributed by atoms with Crippen LogP contribution in [-0.4, -0.2) is 9.97 Å². The summed E-state index contributed by atoms with van der Waals surface area (Å²) in [6.45, 7) is 0. The van der Waals surface area contributed by atoms with Gasteiger partial charge in [0, 0.05) is 30.6 Å². The molecule has 1 aromatic carbocycles. The third-order valence-electron chi connectivity index (χ3n) is 2.55. The number of hydrogen-bond donors (Lipinski definition) is 2. The molecule has 0 saturated heterocycles. The lowest BCUT2D eigenvalue weighted by Gasteiger charge is -2.08. The quantitative estimate of drug-likeness (QED) is 0.695. The summed E-state index contributed by atoms with van der Waals surface area (Å²) in [5, 5.41) is 0.499. The van der Waals surface area contributed by atoms with Gasteiger partial charge in [-0.1, -0.05) is 0 Å². The first-order chi connectivity index (χ1) is 9.15. The Kier molecular flexibility index (Phi) is 2.46. The molecule has 0 spiro atoms. The number of halogens is 2. The van der Waals surface area contributed by atoms with Crippen molar-refractivity contribution in [3.63, 3.8) is 0 Å². The number of pyridine rings is 1.